The van der Waals surface area contributed by atoms with Crippen LogP contribution in [0.1, 0.15) is 6.42 Å². The van der Waals surface area contributed by atoms with E-state index in [1.807, 2.05) is 0 Å². The fourth-order valence-electron chi connectivity index (χ4n) is 0.451. The maximum absolute atomic E-state index is 10.5. The second-order valence-corrected chi connectivity index (χ2v) is 1.71. The zero-order valence-electron chi connectivity index (χ0n) is 6.29. The lowest BCUT2D eigenvalue weighted by Gasteiger charge is -2.03. The van der Waals surface area contributed by atoms with Gasteiger partial charge in [-0.15, -0.1) is 0 Å². The van der Waals surface area contributed by atoms with Gasteiger partial charge in [-0.3, -0.25) is 9.79 Å². The Bertz CT molecular complexity index is 197. The molecule has 0 saturated heterocycles. The van der Waals surface area contributed by atoms with Gasteiger partial charge in [-0.2, -0.15) is 0 Å². The normalized spacial score (nSPS) is 10.9. The smallest absolute Gasteiger partial charge is 0.311 e. The number of esters is 1. The zero-order valence-corrected chi connectivity index (χ0v) is 6.29. The molecule has 0 aliphatic carbocycles. The minimum Gasteiger partial charge on any atom is -0.543 e. The number of carbonyl (C=O) groups is 2. The van der Waals surface area contributed by atoms with Crippen LogP contribution >= 0.6 is 0 Å². The van der Waals surface area contributed by atoms with Gasteiger partial charge >= 0.3 is 5.97 Å². The summed E-state index contributed by atoms with van der Waals surface area (Å²) < 4.78 is 4.22. The maximum Gasteiger partial charge on any atom is 0.311 e. The van der Waals surface area contributed by atoms with Crippen LogP contribution in [0.3, 0.4) is 0 Å². The zero-order chi connectivity index (χ0) is 8.85. The average Bonchev–Trinajstić information content (AvgIpc) is 1.99. The number of aliphatic imine (C=N–C) groups is 1. The van der Waals surface area contributed by atoms with E-state index in [2.05, 4.69) is 9.73 Å². The van der Waals surface area contributed by atoms with Crippen molar-refractivity contribution in [1.82, 2.24) is 0 Å². The van der Waals surface area contributed by atoms with Crippen molar-refractivity contribution in [2.45, 2.75) is 6.42 Å². The second-order valence-electron chi connectivity index (χ2n) is 1.71. The number of aliphatic carboxylic acids is 1. The Morgan fingerprint density at radius 3 is 2.36 bits per heavy atom. The van der Waals surface area contributed by atoms with Crippen molar-refractivity contribution in [3.63, 3.8) is 0 Å². The van der Waals surface area contributed by atoms with Crippen LogP contribution in [0.5, 0.6) is 0 Å². The van der Waals surface area contributed by atoms with Gasteiger partial charge in [0.15, 0.2) is 0 Å². The first-order valence-corrected chi connectivity index (χ1v) is 2.85. The summed E-state index contributed by atoms with van der Waals surface area (Å²) >= 11 is 0. The quantitative estimate of drug-likeness (QED) is 0.365. The lowest BCUT2D eigenvalue weighted by Crippen LogP contribution is -2.33. The number of carboxylic acids is 1. The molecule has 0 unspecified atom stereocenters. The number of hydrogen-bond donors (Lipinski definition) is 0. The summed E-state index contributed by atoms with van der Waals surface area (Å²) in [4.78, 5) is 24.0. The molecule has 0 aromatic rings. The summed E-state index contributed by atoms with van der Waals surface area (Å²) in [5.41, 5.74) is -0.308. The molecule has 0 aromatic carbocycles. The molecular formula is C6H8NO4-. The first-order chi connectivity index (χ1) is 5.11. The van der Waals surface area contributed by atoms with Gasteiger partial charge in [0.25, 0.3) is 0 Å². The summed E-state index contributed by atoms with van der Waals surface area (Å²) in [6.45, 7) is 0. The van der Waals surface area contributed by atoms with Crippen LogP contribution in [0, 0.1) is 0 Å². The lowest BCUT2D eigenvalue weighted by molar-refractivity contribution is -0.294. The van der Waals surface area contributed by atoms with E-state index in [9.17, 15) is 14.7 Å². The fraction of sp³-hybridized carbons (Fsp3) is 0.500. The molecule has 0 atom stereocenters. The highest BCUT2D eigenvalue weighted by Gasteiger charge is 2.06. The summed E-state index contributed by atoms with van der Waals surface area (Å²) in [5, 5.41) is 10.1. The molecule has 0 bridgehead atoms. The molecule has 0 radical (unpaired) electrons. The Balaban J connectivity index is 4.12. The van der Waals surface area contributed by atoms with Gasteiger partial charge in [-0.05, 0) is 0 Å². The molecule has 0 aliphatic rings. The van der Waals surface area contributed by atoms with Crippen molar-refractivity contribution in [2.24, 2.45) is 4.99 Å². The molecule has 0 fully saturated rings. The number of carbonyl (C=O) groups excluding carboxylic acids is 2. The van der Waals surface area contributed by atoms with E-state index < -0.39 is 11.9 Å². The maximum atomic E-state index is 10.5. The molecule has 0 N–H and O–H groups in total. The fourth-order valence-corrected chi connectivity index (χ4v) is 0.451. The van der Waals surface area contributed by atoms with Gasteiger partial charge < -0.3 is 14.6 Å². The van der Waals surface area contributed by atoms with Crippen LogP contribution < -0.4 is 5.11 Å². The van der Waals surface area contributed by atoms with Crippen molar-refractivity contribution in [3.05, 3.63) is 0 Å². The number of nitrogens with zero attached hydrogens (tertiary/aromatic N) is 1. The predicted octanol–water partition coefficient (Wildman–Crippen LogP) is -1.63. The highest BCUT2D eigenvalue weighted by molar-refractivity contribution is 6.37. The van der Waals surface area contributed by atoms with E-state index in [4.69, 9.17) is 0 Å². The molecule has 0 rings (SSSR count). The van der Waals surface area contributed by atoms with Gasteiger partial charge in [0.2, 0.25) is 0 Å². The van der Waals surface area contributed by atoms with Crippen LogP contribution in [-0.2, 0) is 14.3 Å². The van der Waals surface area contributed by atoms with Gasteiger partial charge in [0.05, 0.1) is 25.2 Å². The topological polar surface area (TPSA) is 78.8 Å². The third kappa shape index (κ3) is 3.34. The molecule has 0 spiro atoms. The molecule has 5 nitrogen and oxygen atoms in total. The highest BCUT2D eigenvalue weighted by atomic mass is 16.5. The molecule has 0 amide bonds. The Kier molecular flexibility index (Phi) is 3.87. The van der Waals surface area contributed by atoms with E-state index in [0.29, 0.717) is 0 Å². The van der Waals surface area contributed by atoms with Crippen molar-refractivity contribution in [1.29, 1.82) is 0 Å². The number of hydrogen-bond acceptors (Lipinski definition) is 5. The molecular weight excluding hydrogens is 150 g/mol. The number of methoxy groups -OCH3 is 1. The van der Waals surface area contributed by atoms with Crippen molar-refractivity contribution < 1.29 is 19.4 Å². The predicted molar refractivity (Wildman–Crippen MR) is 35.0 cm³/mol. The summed E-state index contributed by atoms with van der Waals surface area (Å²) in [7, 11) is 2.44. The first-order valence-electron chi connectivity index (χ1n) is 2.85. The van der Waals surface area contributed by atoms with Crippen LogP contribution in [0.25, 0.3) is 0 Å². The Morgan fingerprint density at radius 1 is 1.55 bits per heavy atom. The Hall–Kier alpha value is -1.39. The summed E-state index contributed by atoms with van der Waals surface area (Å²) in [6.07, 6.45) is -0.352. The molecule has 0 aromatic heterocycles. The van der Waals surface area contributed by atoms with Crippen LogP contribution in [0.4, 0.5) is 0 Å². The molecule has 0 heterocycles. The van der Waals surface area contributed by atoms with Gasteiger partial charge in [0.1, 0.15) is 0 Å². The third-order valence-electron chi connectivity index (χ3n) is 1.04. The minimum absolute atomic E-state index is 0.308. The van der Waals surface area contributed by atoms with Crippen LogP contribution in [0.15, 0.2) is 4.99 Å². The van der Waals surface area contributed by atoms with Gasteiger partial charge in [-0.1, -0.05) is 0 Å². The van der Waals surface area contributed by atoms with Gasteiger partial charge in [0, 0.05) is 7.05 Å². The molecule has 11 heavy (non-hydrogen) atoms. The summed E-state index contributed by atoms with van der Waals surface area (Å²) in [6, 6.07) is 0. The largest absolute Gasteiger partial charge is 0.543 e. The average molecular weight is 158 g/mol. The number of rotatable bonds is 3. The second kappa shape index (κ2) is 4.43. The van der Waals surface area contributed by atoms with E-state index in [0.717, 1.165) is 0 Å². The molecule has 62 valence electrons. The molecule has 0 saturated carbocycles. The first kappa shape index (κ1) is 9.61. The van der Waals surface area contributed by atoms with E-state index in [1.54, 1.807) is 0 Å². The lowest BCUT2D eigenvalue weighted by atomic mass is 10.3. The number of carboxylic acid groups (broad SMARTS) is 1. The van der Waals surface area contributed by atoms with Crippen LogP contribution in [-0.4, -0.2) is 31.8 Å². The molecule has 5 heteroatoms. The van der Waals surface area contributed by atoms with Gasteiger partial charge in [-0.25, -0.2) is 0 Å². The van der Waals surface area contributed by atoms with Crippen LogP contribution in [0.2, 0.25) is 0 Å². The third-order valence-corrected chi connectivity index (χ3v) is 1.04. The van der Waals surface area contributed by atoms with E-state index in [-0.39, 0.29) is 12.1 Å². The minimum atomic E-state index is -1.45. The van der Waals surface area contributed by atoms with Crippen molar-refractivity contribution in [3.8, 4) is 0 Å². The van der Waals surface area contributed by atoms with E-state index in [1.165, 1.54) is 14.2 Å². The standard InChI is InChI=1S/C6H9NO4/c1-7-4(6(9)10)3-5(8)11-2/h3H2,1-2H3,(H,9,10)/p-1. The van der Waals surface area contributed by atoms with Crippen molar-refractivity contribution >= 4 is 17.7 Å². The summed E-state index contributed by atoms with van der Waals surface area (Å²) in [5.74, 6) is -2.09. The number of ether oxygens (including phenoxy) is 1. The molecule has 0 aliphatic heterocycles. The Labute approximate surface area is 63.7 Å². The van der Waals surface area contributed by atoms with Crippen molar-refractivity contribution in [2.75, 3.05) is 14.2 Å². The monoisotopic (exact) mass is 158 g/mol. The Morgan fingerprint density at radius 2 is 2.09 bits per heavy atom. The van der Waals surface area contributed by atoms with E-state index >= 15 is 0 Å². The highest BCUT2D eigenvalue weighted by Crippen LogP contribution is 1.88. The SMILES string of the molecule is CN=C(CC(=O)OC)C(=O)[O-].